The Morgan fingerprint density at radius 1 is 1.42 bits per heavy atom. The van der Waals surface area contributed by atoms with Gasteiger partial charge in [-0.3, -0.25) is 0 Å². The number of rotatable bonds is 7. The molecule has 0 aromatic carbocycles. The third kappa shape index (κ3) is 7.85. The van der Waals surface area contributed by atoms with E-state index in [1.807, 2.05) is 0 Å². The van der Waals surface area contributed by atoms with Gasteiger partial charge in [0.1, 0.15) is 0 Å². The van der Waals surface area contributed by atoms with Gasteiger partial charge in [-0.25, -0.2) is 4.79 Å². The van der Waals surface area contributed by atoms with Gasteiger partial charge in [0, 0.05) is 19.2 Å². The van der Waals surface area contributed by atoms with Gasteiger partial charge in [-0.15, -0.1) is 0 Å². The fraction of sp³-hybridized carbons (Fsp3) is 0.786. The van der Waals surface area contributed by atoms with Crippen LogP contribution in [0.5, 0.6) is 0 Å². The van der Waals surface area contributed by atoms with E-state index in [1.165, 1.54) is 0 Å². The van der Waals surface area contributed by atoms with E-state index in [9.17, 15) is 9.90 Å². The van der Waals surface area contributed by atoms with Crippen molar-refractivity contribution in [2.75, 3.05) is 19.8 Å². The maximum Gasteiger partial charge on any atom is 0.315 e. The maximum atomic E-state index is 11.6. The highest BCUT2D eigenvalue weighted by Crippen LogP contribution is 2.09. The second-order valence-corrected chi connectivity index (χ2v) is 5.42. The first-order chi connectivity index (χ1) is 9.08. The van der Waals surface area contributed by atoms with Gasteiger partial charge in [-0.1, -0.05) is 26.0 Å². The number of amides is 2. The molecule has 1 aliphatic rings. The first-order valence-corrected chi connectivity index (χ1v) is 7.03. The minimum Gasteiger partial charge on any atom is -0.389 e. The Morgan fingerprint density at radius 3 is 2.84 bits per heavy atom. The molecular weight excluding hydrogens is 244 g/mol. The van der Waals surface area contributed by atoms with Crippen LogP contribution in [0.25, 0.3) is 0 Å². The van der Waals surface area contributed by atoms with Crippen molar-refractivity contribution in [3.63, 3.8) is 0 Å². The van der Waals surface area contributed by atoms with Crippen LogP contribution in [0.2, 0.25) is 0 Å². The maximum absolute atomic E-state index is 11.6. The van der Waals surface area contributed by atoms with E-state index in [-0.39, 0.29) is 25.2 Å². The van der Waals surface area contributed by atoms with Crippen LogP contribution in [0, 0.1) is 5.92 Å². The Kier molecular flexibility index (Phi) is 7.52. The van der Waals surface area contributed by atoms with Gasteiger partial charge in [0.25, 0.3) is 0 Å². The summed E-state index contributed by atoms with van der Waals surface area (Å²) in [6.07, 6.45) is 6.43. The van der Waals surface area contributed by atoms with Crippen LogP contribution < -0.4 is 10.6 Å². The third-order valence-electron chi connectivity index (χ3n) is 2.86. The standard InChI is InChI=1S/C14H26N2O3/c1-11(2)9-19-10-13(17)8-15-14(18)16-12-6-4-3-5-7-12/h3-4,11-13,17H,5-10H2,1-2H3,(H2,15,16,18). The number of aliphatic hydroxyl groups excluding tert-OH is 1. The fourth-order valence-corrected chi connectivity index (χ4v) is 1.87. The van der Waals surface area contributed by atoms with Crippen LogP contribution in [0.3, 0.4) is 0 Å². The largest absolute Gasteiger partial charge is 0.389 e. The van der Waals surface area contributed by atoms with Crippen LogP contribution in [0.15, 0.2) is 12.2 Å². The summed E-state index contributed by atoms with van der Waals surface area (Å²) < 4.78 is 5.31. The van der Waals surface area contributed by atoms with E-state index in [1.54, 1.807) is 0 Å². The fourth-order valence-electron chi connectivity index (χ4n) is 1.87. The smallest absolute Gasteiger partial charge is 0.315 e. The highest BCUT2D eigenvalue weighted by atomic mass is 16.5. The lowest BCUT2D eigenvalue weighted by molar-refractivity contribution is 0.0272. The van der Waals surface area contributed by atoms with Gasteiger partial charge in [-0.2, -0.15) is 0 Å². The molecule has 0 saturated carbocycles. The van der Waals surface area contributed by atoms with Crippen LogP contribution in [-0.2, 0) is 4.74 Å². The molecule has 1 aliphatic carbocycles. The second-order valence-electron chi connectivity index (χ2n) is 5.42. The molecule has 2 atom stereocenters. The van der Waals surface area contributed by atoms with Crippen molar-refractivity contribution >= 4 is 6.03 Å². The molecule has 110 valence electrons. The highest BCUT2D eigenvalue weighted by molar-refractivity contribution is 5.74. The van der Waals surface area contributed by atoms with Crippen molar-refractivity contribution in [3.8, 4) is 0 Å². The first-order valence-electron chi connectivity index (χ1n) is 7.03. The minimum atomic E-state index is -0.657. The molecular formula is C14H26N2O3. The van der Waals surface area contributed by atoms with Gasteiger partial charge in [0.15, 0.2) is 0 Å². The van der Waals surface area contributed by atoms with E-state index in [2.05, 4.69) is 36.6 Å². The molecule has 0 radical (unpaired) electrons. The Morgan fingerprint density at radius 2 is 2.21 bits per heavy atom. The lowest BCUT2D eigenvalue weighted by Gasteiger charge is -2.20. The molecule has 0 fully saturated rings. The number of ether oxygens (including phenoxy) is 1. The molecule has 19 heavy (non-hydrogen) atoms. The molecule has 0 aliphatic heterocycles. The summed E-state index contributed by atoms with van der Waals surface area (Å²) in [5, 5.41) is 15.2. The number of allylic oxidation sites excluding steroid dienone is 1. The monoisotopic (exact) mass is 270 g/mol. The topological polar surface area (TPSA) is 70.6 Å². The zero-order valence-electron chi connectivity index (χ0n) is 11.9. The number of nitrogens with one attached hydrogen (secondary N) is 2. The summed E-state index contributed by atoms with van der Waals surface area (Å²) in [7, 11) is 0. The molecule has 0 bridgehead atoms. The number of urea groups is 1. The summed E-state index contributed by atoms with van der Waals surface area (Å²) >= 11 is 0. The zero-order valence-corrected chi connectivity index (χ0v) is 11.9. The molecule has 0 heterocycles. The number of hydrogen-bond acceptors (Lipinski definition) is 3. The highest BCUT2D eigenvalue weighted by Gasteiger charge is 2.13. The molecule has 1 rings (SSSR count). The predicted octanol–water partition coefficient (Wildman–Crippen LogP) is 1.43. The number of aliphatic hydroxyl groups is 1. The molecule has 2 unspecified atom stereocenters. The SMILES string of the molecule is CC(C)COCC(O)CNC(=O)NC1CC=CCC1. The van der Waals surface area contributed by atoms with Gasteiger partial charge >= 0.3 is 6.03 Å². The van der Waals surface area contributed by atoms with E-state index in [0.29, 0.717) is 12.5 Å². The van der Waals surface area contributed by atoms with Gasteiger partial charge in [0.2, 0.25) is 0 Å². The van der Waals surface area contributed by atoms with E-state index < -0.39 is 6.10 Å². The van der Waals surface area contributed by atoms with Crippen molar-refractivity contribution in [2.24, 2.45) is 5.92 Å². The molecule has 0 aromatic rings. The number of hydrogen-bond donors (Lipinski definition) is 3. The quantitative estimate of drug-likeness (QED) is 0.613. The van der Waals surface area contributed by atoms with Crippen molar-refractivity contribution in [1.82, 2.24) is 10.6 Å². The van der Waals surface area contributed by atoms with Gasteiger partial charge in [-0.05, 0) is 25.2 Å². The first kappa shape index (κ1) is 16.0. The van der Waals surface area contributed by atoms with Crippen molar-refractivity contribution in [2.45, 2.75) is 45.3 Å². The van der Waals surface area contributed by atoms with Crippen molar-refractivity contribution in [1.29, 1.82) is 0 Å². The van der Waals surface area contributed by atoms with Crippen molar-refractivity contribution in [3.05, 3.63) is 12.2 Å². The summed E-state index contributed by atoms with van der Waals surface area (Å²) in [6.45, 7) is 5.20. The summed E-state index contributed by atoms with van der Waals surface area (Å²) in [6, 6.07) is -0.0115. The van der Waals surface area contributed by atoms with Crippen molar-refractivity contribution < 1.29 is 14.6 Å². The normalized spacial score (nSPS) is 20.3. The minimum absolute atomic E-state index is 0.208. The predicted molar refractivity (Wildman–Crippen MR) is 75.0 cm³/mol. The summed E-state index contributed by atoms with van der Waals surface area (Å²) in [5.41, 5.74) is 0. The van der Waals surface area contributed by atoms with Crippen LogP contribution >= 0.6 is 0 Å². The average Bonchev–Trinajstić information content (AvgIpc) is 2.37. The molecule has 2 amide bonds. The zero-order chi connectivity index (χ0) is 14.1. The van der Waals surface area contributed by atoms with Gasteiger partial charge in [0.05, 0.1) is 12.7 Å². The molecule has 3 N–H and O–H groups in total. The Labute approximate surface area is 115 Å². The molecule has 5 heteroatoms. The number of carbonyl (C=O) groups is 1. The third-order valence-corrected chi connectivity index (χ3v) is 2.86. The molecule has 5 nitrogen and oxygen atoms in total. The molecule has 0 saturated heterocycles. The van der Waals surface area contributed by atoms with E-state index in [0.717, 1.165) is 19.3 Å². The summed E-state index contributed by atoms with van der Waals surface area (Å²) in [4.78, 5) is 11.6. The Bertz CT molecular complexity index is 292. The van der Waals surface area contributed by atoms with Gasteiger partial charge < -0.3 is 20.5 Å². The Hall–Kier alpha value is -1.07. The second kappa shape index (κ2) is 8.93. The average molecular weight is 270 g/mol. The van der Waals surface area contributed by atoms with Crippen LogP contribution in [-0.4, -0.2) is 43.0 Å². The van der Waals surface area contributed by atoms with Crippen LogP contribution in [0.1, 0.15) is 33.1 Å². The lowest BCUT2D eigenvalue weighted by Crippen LogP contribution is -2.45. The summed E-state index contributed by atoms with van der Waals surface area (Å²) in [5.74, 6) is 0.447. The van der Waals surface area contributed by atoms with E-state index in [4.69, 9.17) is 4.74 Å². The molecule has 0 aromatic heterocycles. The lowest BCUT2D eigenvalue weighted by atomic mass is 10.0. The molecule has 0 spiro atoms. The van der Waals surface area contributed by atoms with Crippen LogP contribution in [0.4, 0.5) is 4.79 Å². The van der Waals surface area contributed by atoms with E-state index >= 15 is 0 Å². The number of carbonyl (C=O) groups excluding carboxylic acids is 1. The Balaban J connectivity index is 2.06.